The third-order valence-electron chi connectivity index (χ3n) is 5.68. The van der Waals surface area contributed by atoms with Gasteiger partial charge in [-0.15, -0.1) is 0 Å². The van der Waals surface area contributed by atoms with Crippen LogP contribution in [-0.4, -0.2) is 32.7 Å². The number of aliphatic hydroxyl groups is 1. The van der Waals surface area contributed by atoms with Gasteiger partial charge >= 0.3 is 0 Å². The number of hydrogen-bond acceptors (Lipinski definition) is 3. The van der Waals surface area contributed by atoms with Gasteiger partial charge in [-0.3, -0.25) is 4.90 Å². The van der Waals surface area contributed by atoms with E-state index in [0.717, 1.165) is 42.7 Å². The molecule has 3 atom stereocenters. The third kappa shape index (κ3) is 3.81. The molecule has 3 aromatic rings. The minimum atomic E-state index is -0.372. The second-order valence-corrected chi connectivity index (χ2v) is 7.62. The number of rotatable bonds is 5. The number of H-pyrrole nitrogens is 1. The molecular formula is C22H27N3O. The van der Waals surface area contributed by atoms with Gasteiger partial charge in [0.2, 0.25) is 0 Å². The van der Waals surface area contributed by atoms with Gasteiger partial charge in [-0.25, -0.2) is 4.98 Å². The summed E-state index contributed by atoms with van der Waals surface area (Å²) in [6.45, 7) is 3.94. The number of aliphatic hydroxyl groups excluding tert-OH is 1. The van der Waals surface area contributed by atoms with Gasteiger partial charge in [0.05, 0.1) is 17.6 Å². The van der Waals surface area contributed by atoms with Crippen LogP contribution < -0.4 is 0 Å². The van der Waals surface area contributed by atoms with Crippen LogP contribution in [0, 0.1) is 11.8 Å². The van der Waals surface area contributed by atoms with Crippen LogP contribution in [0.1, 0.15) is 31.2 Å². The van der Waals surface area contributed by atoms with Gasteiger partial charge in [-0.1, -0.05) is 49.4 Å². The summed E-state index contributed by atoms with van der Waals surface area (Å²) < 4.78 is 0. The van der Waals surface area contributed by atoms with Crippen LogP contribution in [0.4, 0.5) is 0 Å². The number of likely N-dealkylation sites (tertiary alicyclic amines) is 1. The van der Waals surface area contributed by atoms with Crippen LogP contribution in [0.2, 0.25) is 0 Å². The molecule has 4 rings (SSSR count). The second-order valence-electron chi connectivity index (χ2n) is 7.62. The fourth-order valence-corrected chi connectivity index (χ4v) is 4.12. The Morgan fingerprint density at radius 1 is 1.12 bits per heavy atom. The first-order valence-corrected chi connectivity index (χ1v) is 9.58. The molecule has 136 valence electrons. The highest BCUT2D eigenvalue weighted by Crippen LogP contribution is 2.29. The lowest BCUT2D eigenvalue weighted by molar-refractivity contribution is -0.0558. The van der Waals surface area contributed by atoms with Crippen molar-refractivity contribution < 1.29 is 5.11 Å². The minimum Gasteiger partial charge on any atom is -0.378 e. The van der Waals surface area contributed by atoms with Crippen LogP contribution >= 0.6 is 0 Å². The summed E-state index contributed by atoms with van der Waals surface area (Å²) in [5.74, 6) is 2.13. The first-order valence-electron chi connectivity index (χ1n) is 9.58. The Labute approximate surface area is 154 Å². The maximum absolute atomic E-state index is 10.5. The normalized spacial score (nSPS) is 22.5. The fraction of sp³-hybridized carbons (Fsp3) is 0.409. The lowest BCUT2D eigenvalue weighted by Gasteiger charge is -2.39. The van der Waals surface area contributed by atoms with E-state index in [1.165, 1.54) is 5.56 Å². The number of benzene rings is 2. The highest BCUT2D eigenvalue weighted by molar-refractivity contribution is 5.74. The lowest BCUT2D eigenvalue weighted by Crippen LogP contribution is -2.44. The first-order chi connectivity index (χ1) is 12.7. The average molecular weight is 349 g/mol. The number of para-hydroxylation sites is 2. The second kappa shape index (κ2) is 7.60. The summed E-state index contributed by atoms with van der Waals surface area (Å²) in [6.07, 6.45) is 2.65. The van der Waals surface area contributed by atoms with E-state index in [0.29, 0.717) is 18.4 Å². The molecule has 1 aliphatic heterocycles. The first kappa shape index (κ1) is 17.3. The summed E-state index contributed by atoms with van der Waals surface area (Å²) in [4.78, 5) is 10.2. The average Bonchev–Trinajstić information content (AvgIpc) is 3.06. The molecule has 2 N–H and O–H groups in total. The highest BCUT2D eigenvalue weighted by atomic mass is 16.3. The van der Waals surface area contributed by atoms with Crippen LogP contribution in [-0.2, 0) is 13.0 Å². The molecule has 26 heavy (non-hydrogen) atoms. The smallest absolute Gasteiger partial charge is 0.121 e. The zero-order valence-electron chi connectivity index (χ0n) is 15.3. The molecular weight excluding hydrogens is 322 g/mol. The van der Waals surface area contributed by atoms with E-state index < -0.39 is 0 Å². The summed E-state index contributed by atoms with van der Waals surface area (Å²) in [5.41, 5.74) is 3.45. The van der Waals surface area contributed by atoms with E-state index in [2.05, 4.69) is 52.1 Å². The Balaban J connectivity index is 1.42. The molecule has 0 aliphatic carbocycles. The Morgan fingerprint density at radius 3 is 2.69 bits per heavy atom. The molecule has 0 radical (unpaired) electrons. The SMILES string of the molecule is CC(Cc1ccccc1)C1CCC(O)N(Cc2nc3ccccc3[nH]2)C1. The van der Waals surface area contributed by atoms with Crippen molar-refractivity contribution in [3.8, 4) is 0 Å². The van der Waals surface area contributed by atoms with E-state index in [-0.39, 0.29) is 6.23 Å². The van der Waals surface area contributed by atoms with E-state index in [1.54, 1.807) is 0 Å². The Kier molecular flexibility index (Phi) is 5.05. The standard InChI is InChI=1S/C22H27N3O/c1-16(13-17-7-3-2-4-8-17)18-11-12-22(26)25(14-18)15-21-23-19-9-5-6-10-20(19)24-21/h2-10,16,18,22,26H,11-15H2,1H3,(H,23,24). The molecule has 2 aromatic carbocycles. The van der Waals surface area contributed by atoms with Gasteiger partial charge in [-0.05, 0) is 48.8 Å². The molecule has 1 saturated heterocycles. The third-order valence-corrected chi connectivity index (χ3v) is 5.68. The summed E-state index contributed by atoms with van der Waals surface area (Å²) >= 11 is 0. The number of piperidine rings is 1. The number of hydrogen-bond donors (Lipinski definition) is 2. The van der Waals surface area contributed by atoms with Gasteiger partial charge in [0.25, 0.3) is 0 Å². The van der Waals surface area contributed by atoms with Crippen LogP contribution in [0.3, 0.4) is 0 Å². The van der Waals surface area contributed by atoms with Gasteiger partial charge in [-0.2, -0.15) is 0 Å². The number of fused-ring (bicyclic) bond motifs is 1. The molecule has 4 heteroatoms. The van der Waals surface area contributed by atoms with E-state index in [9.17, 15) is 5.11 Å². The monoisotopic (exact) mass is 349 g/mol. The van der Waals surface area contributed by atoms with Crippen molar-refractivity contribution in [2.75, 3.05) is 6.54 Å². The van der Waals surface area contributed by atoms with Crippen molar-refractivity contribution in [2.45, 2.75) is 39.0 Å². The number of aromatic amines is 1. The van der Waals surface area contributed by atoms with Gasteiger partial charge in [0.15, 0.2) is 0 Å². The van der Waals surface area contributed by atoms with Crippen molar-refractivity contribution in [3.63, 3.8) is 0 Å². The molecule has 0 spiro atoms. The number of imidazole rings is 1. The number of nitrogens with zero attached hydrogens (tertiary/aromatic N) is 2. The maximum Gasteiger partial charge on any atom is 0.121 e. The predicted octanol–water partition coefficient (Wildman–Crippen LogP) is 3.97. The van der Waals surface area contributed by atoms with Crippen LogP contribution in [0.5, 0.6) is 0 Å². The molecule has 1 fully saturated rings. The summed E-state index contributed by atoms with van der Waals surface area (Å²) in [7, 11) is 0. The van der Waals surface area contributed by atoms with E-state index in [4.69, 9.17) is 0 Å². The zero-order chi connectivity index (χ0) is 17.9. The molecule has 2 heterocycles. The zero-order valence-corrected chi connectivity index (χ0v) is 15.3. The van der Waals surface area contributed by atoms with Crippen LogP contribution in [0.15, 0.2) is 54.6 Å². The maximum atomic E-state index is 10.5. The highest BCUT2D eigenvalue weighted by Gasteiger charge is 2.30. The molecule has 0 amide bonds. The molecule has 4 nitrogen and oxygen atoms in total. The molecule has 1 aliphatic rings. The Bertz CT molecular complexity index is 812. The molecule has 0 bridgehead atoms. The topological polar surface area (TPSA) is 52.1 Å². The lowest BCUT2D eigenvalue weighted by atomic mass is 9.82. The predicted molar refractivity (Wildman–Crippen MR) is 105 cm³/mol. The fourth-order valence-electron chi connectivity index (χ4n) is 4.12. The van der Waals surface area contributed by atoms with Crippen molar-refractivity contribution in [1.82, 2.24) is 14.9 Å². The van der Waals surface area contributed by atoms with Crippen molar-refractivity contribution in [3.05, 3.63) is 66.0 Å². The molecule has 3 unspecified atom stereocenters. The molecule has 1 aromatic heterocycles. The minimum absolute atomic E-state index is 0.372. The quantitative estimate of drug-likeness (QED) is 0.733. The van der Waals surface area contributed by atoms with E-state index in [1.807, 2.05) is 24.3 Å². The summed E-state index contributed by atoms with van der Waals surface area (Å²) in [5, 5.41) is 10.5. The van der Waals surface area contributed by atoms with Crippen molar-refractivity contribution in [2.24, 2.45) is 11.8 Å². The Hall–Kier alpha value is -2.17. The van der Waals surface area contributed by atoms with Crippen molar-refractivity contribution >= 4 is 11.0 Å². The Morgan fingerprint density at radius 2 is 1.88 bits per heavy atom. The summed E-state index contributed by atoms with van der Waals surface area (Å²) in [6, 6.07) is 18.8. The van der Waals surface area contributed by atoms with Crippen molar-refractivity contribution in [1.29, 1.82) is 0 Å². The largest absolute Gasteiger partial charge is 0.378 e. The molecule has 0 saturated carbocycles. The number of nitrogens with one attached hydrogen (secondary N) is 1. The van der Waals surface area contributed by atoms with Gasteiger partial charge in [0, 0.05) is 6.54 Å². The van der Waals surface area contributed by atoms with Gasteiger partial charge < -0.3 is 10.1 Å². The van der Waals surface area contributed by atoms with Crippen LogP contribution in [0.25, 0.3) is 11.0 Å². The number of aromatic nitrogens is 2. The van der Waals surface area contributed by atoms with E-state index >= 15 is 0 Å². The van der Waals surface area contributed by atoms with Gasteiger partial charge in [0.1, 0.15) is 12.1 Å².